The van der Waals surface area contributed by atoms with Crippen LogP contribution in [0.1, 0.15) is 37.8 Å². The molecule has 4 nitrogen and oxygen atoms in total. The number of aryl methyl sites for hydroxylation is 1. The number of rotatable bonds is 5. The van der Waals surface area contributed by atoms with Crippen molar-refractivity contribution in [1.82, 2.24) is 14.8 Å². The van der Waals surface area contributed by atoms with Gasteiger partial charge < -0.3 is 5.32 Å². The van der Waals surface area contributed by atoms with Crippen LogP contribution in [0.5, 0.6) is 0 Å². The number of halogens is 2. The van der Waals surface area contributed by atoms with E-state index in [1.165, 1.54) is 24.8 Å². The van der Waals surface area contributed by atoms with Crippen LogP contribution in [0.2, 0.25) is 5.02 Å². The molecule has 22 heavy (non-hydrogen) atoms. The normalized spacial score (nSPS) is 21.2. The molecule has 6 heteroatoms. The molecule has 0 radical (unpaired) electrons. The van der Waals surface area contributed by atoms with E-state index in [9.17, 15) is 0 Å². The predicted molar refractivity (Wildman–Crippen MR) is 93.4 cm³/mol. The van der Waals surface area contributed by atoms with Crippen molar-refractivity contribution >= 4 is 33.3 Å². The molecule has 0 spiro atoms. The van der Waals surface area contributed by atoms with Gasteiger partial charge in [-0.2, -0.15) is 5.10 Å². The lowest BCUT2D eigenvalue weighted by atomic mass is 10.1. The standard InChI is InChI=1S/C16H20BrClN4/c1-2-11-8-21-22(10-11)13-4-3-12(5-13)7-19-16-6-15(18)14(17)9-20-16/h6,8-10,12-13H,2-5,7H2,1H3,(H,19,20). The third-order valence-electron chi connectivity index (χ3n) is 4.33. The molecule has 0 aromatic carbocycles. The van der Waals surface area contributed by atoms with Gasteiger partial charge in [-0.3, -0.25) is 4.68 Å². The topological polar surface area (TPSA) is 42.7 Å². The van der Waals surface area contributed by atoms with Gasteiger partial charge in [0.05, 0.1) is 21.7 Å². The third-order valence-corrected chi connectivity index (χ3v) is 5.50. The van der Waals surface area contributed by atoms with Gasteiger partial charge in [-0.1, -0.05) is 18.5 Å². The van der Waals surface area contributed by atoms with E-state index in [2.05, 4.69) is 49.1 Å². The second kappa shape index (κ2) is 7.01. The summed E-state index contributed by atoms with van der Waals surface area (Å²) in [5.74, 6) is 1.49. The lowest BCUT2D eigenvalue weighted by molar-refractivity contribution is 0.445. The van der Waals surface area contributed by atoms with E-state index in [-0.39, 0.29) is 0 Å². The third kappa shape index (κ3) is 3.63. The van der Waals surface area contributed by atoms with Crippen molar-refractivity contribution in [3.8, 4) is 0 Å². The summed E-state index contributed by atoms with van der Waals surface area (Å²) in [4.78, 5) is 4.33. The van der Waals surface area contributed by atoms with Gasteiger partial charge in [0, 0.05) is 25.0 Å². The molecule has 2 aromatic heterocycles. The van der Waals surface area contributed by atoms with Crippen LogP contribution in [-0.4, -0.2) is 21.3 Å². The molecule has 0 bridgehead atoms. The molecule has 1 N–H and O–H groups in total. The molecule has 1 aliphatic carbocycles. The van der Waals surface area contributed by atoms with Gasteiger partial charge >= 0.3 is 0 Å². The second-order valence-corrected chi connectivity index (χ2v) is 7.14. The Morgan fingerprint density at radius 2 is 2.27 bits per heavy atom. The summed E-state index contributed by atoms with van der Waals surface area (Å²) in [7, 11) is 0. The van der Waals surface area contributed by atoms with Crippen molar-refractivity contribution in [2.24, 2.45) is 5.92 Å². The van der Waals surface area contributed by atoms with Crippen LogP contribution >= 0.6 is 27.5 Å². The summed E-state index contributed by atoms with van der Waals surface area (Å²) in [5.41, 5.74) is 1.32. The smallest absolute Gasteiger partial charge is 0.127 e. The Hall–Kier alpha value is -1.07. The van der Waals surface area contributed by atoms with Crippen molar-refractivity contribution in [1.29, 1.82) is 0 Å². The van der Waals surface area contributed by atoms with Crippen molar-refractivity contribution in [2.45, 2.75) is 38.6 Å². The predicted octanol–water partition coefficient (Wildman–Crippen LogP) is 4.71. The van der Waals surface area contributed by atoms with E-state index in [1.54, 1.807) is 6.20 Å². The van der Waals surface area contributed by atoms with Crippen molar-refractivity contribution in [3.05, 3.63) is 39.7 Å². The first-order valence-corrected chi connectivity index (χ1v) is 8.90. The van der Waals surface area contributed by atoms with Crippen LogP contribution in [-0.2, 0) is 6.42 Å². The lowest BCUT2D eigenvalue weighted by Gasteiger charge is -2.13. The number of hydrogen-bond acceptors (Lipinski definition) is 3. The minimum Gasteiger partial charge on any atom is -0.370 e. The van der Waals surface area contributed by atoms with E-state index in [4.69, 9.17) is 11.6 Å². The van der Waals surface area contributed by atoms with Crippen molar-refractivity contribution in [3.63, 3.8) is 0 Å². The molecule has 2 heterocycles. The Bertz CT molecular complexity index is 643. The highest BCUT2D eigenvalue weighted by molar-refractivity contribution is 9.10. The molecule has 118 valence electrons. The molecule has 1 aliphatic rings. The SMILES string of the molecule is CCc1cnn(C2CCC(CNc3cc(Cl)c(Br)cn3)C2)c1. The largest absolute Gasteiger partial charge is 0.370 e. The molecule has 3 rings (SSSR count). The average Bonchev–Trinajstić information content (AvgIpc) is 3.16. The molecule has 2 unspecified atom stereocenters. The summed E-state index contributed by atoms with van der Waals surface area (Å²) >= 11 is 9.45. The fraction of sp³-hybridized carbons (Fsp3) is 0.500. The van der Waals surface area contributed by atoms with E-state index >= 15 is 0 Å². The van der Waals surface area contributed by atoms with Crippen LogP contribution < -0.4 is 5.32 Å². The molecule has 2 atom stereocenters. The van der Waals surface area contributed by atoms with Gasteiger partial charge in [0.1, 0.15) is 5.82 Å². The Labute approximate surface area is 144 Å². The minimum atomic E-state index is 0.536. The molecule has 1 saturated carbocycles. The maximum atomic E-state index is 6.09. The molecule has 0 aliphatic heterocycles. The second-order valence-electron chi connectivity index (χ2n) is 5.88. The van der Waals surface area contributed by atoms with Gasteiger partial charge in [-0.15, -0.1) is 0 Å². The Morgan fingerprint density at radius 1 is 1.41 bits per heavy atom. The van der Waals surface area contributed by atoms with Crippen molar-refractivity contribution < 1.29 is 0 Å². The fourth-order valence-electron chi connectivity index (χ4n) is 2.99. The fourth-order valence-corrected chi connectivity index (χ4v) is 3.36. The number of anilines is 1. The van der Waals surface area contributed by atoms with Gasteiger partial charge in [0.25, 0.3) is 0 Å². The van der Waals surface area contributed by atoms with Gasteiger partial charge in [0.2, 0.25) is 0 Å². The number of pyridine rings is 1. The summed E-state index contributed by atoms with van der Waals surface area (Å²) in [6.45, 7) is 3.10. The number of aromatic nitrogens is 3. The zero-order valence-corrected chi connectivity index (χ0v) is 14.9. The quantitative estimate of drug-likeness (QED) is 0.813. The van der Waals surface area contributed by atoms with Crippen LogP contribution in [0, 0.1) is 5.92 Å². The number of nitrogens with one attached hydrogen (secondary N) is 1. The number of hydrogen-bond donors (Lipinski definition) is 1. The van der Waals surface area contributed by atoms with Gasteiger partial charge in [-0.25, -0.2) is 4.98 Å². The molecule has 1 fully saturated rings. The van der Waals surface area contributed by atoms with E-state index in [0.29, 0.717) is 17.0 Å². The first kappa shape index (κ1) is 15.8. The van der Waals surface area contributed by atoms with Crippen LogP contribution in [0.4, 0.5) is 5.82 Å². The van der Waals surface area contributed by atoms with Crippen LogP contribution in [0.3, 0.4) is 0 Å². The molecule has 0 amide bonds. The Kier molecular flexibility index (Phi) is 5.03. The average molecular weight is 384 g/mol. The maximum absolute atomic E-state index is 6.09. The van der Waals surface area contributed by atoms with Crippen LogP contribution in [0.15, 0.2) is 29.1 Å². The summed E-state index contributed by atoms with van der Waals surface area (Å²) in [6.07, 6.45) is 10.6. The monoisotopic (exact) mass is 382 g/mol. The van der Waals surface area contributed by atoms with Gasteiger partial charge in [0.15, 0.2) is 0 Å². The molecular weight excluding hydrogens is 364 g/mol. The Morgan fingerprint density at radius 3 is 3.00 bits per heavy atom. The van der Waals surface area contributed by atoms with Crippen molar-refractivity contribution in [2.75, 3.05) is 11.9 Å². The van der Waals surface area contributed by atoms with Crippen LogP contribution in [0.25, 0.3) is 0 Å². The summed E-state index contributed by atoms with van der Waals surface area (Å²) < 4.78 is 2.97. The molecule has 2 aromatic rings. The first-order chi connectivity index (χ1) is 10.7. The molecule has 0 saturated heterocycles. The van der Waals surface area contributed by atoms with E-state index < -0.39 is 0 Å². The molecular formula is C16H20BrClN4. The lowest BCUT2D eigenvalue weighted by Crippen LogP contribution is -2.13. The highest BCUT2D eigenvalue weighted by Crippen LogP contribution is 2.34. The summed E-state index contributed by atoms with van der Waals surface area (Å²) in [5, 5.41) is 8.59. The number of nitrogens with zero attached hydrogens (tertiary/aromatic N) is 3. The highest BCUT2D eigenvalue weighted by atomic mass is 79.9. The van der Waals surface area contributed by atoms with Gasteiger partial charge in [-0.05, 0) is 53.1 Å². The maximum Gasteiger partial charge on any atom is 0.127 e. The summed E-state index contributed by atoms with van der Waals surface area (Å²) in [6, 6.07) is 2.40. The minimum absolute atomic E-state index is 0.536. The Balaban J connectivity index is 1.53. The van der Waals surface area contributed by atoms with E-state index in [0.717, 1.165) is 23.3 Å². The van der Waals surface area contributed by atoms with E-state index in [1.807, 2.05) is 12.3 Å². The zero-order chi connectivity index (χ0) is 15.5. The highest BCUT2D eigenvalue weighted by Gasteiger charge is 2.26. The zero-order valence-electron chi connectivity index (χ0n) is 12.6. The first-order valence-electron chi connectivity index (χ1n) is 7.73.